The van der Waals surface area contributed by atoms with Crippen molar-refractivity contribution < 1.29 is 14.3 Å². The van der Waals surface area contributed by atoms with Gasteiger partial charge in [-0.2, -0.15) is 0 Å². The van der Waals surface area contributed by atoms with Gasteiger partial charge in [0.25, 0.3) is 5.91 Å². The van der Waals surface area contributed by atoms with Crippen LogP contribution in [0, 0.1) is 6.92 Å². The van der Waals surface area contributed by atoms with E-state index in [0.717, 1.165) is 16.7 Å². The summed E-state index contributed by atoms with van der Waals surface area (Å²) in [6.07, 6.45) is 1.85. The number of benzene rings is 4. The second-order valence-electron chi connectivity index (χ2n) is 8.59. The molecule has 1 aliphatic heterocycles. The lowest BCUT2D eigenvalue weighted by Gasteiger charge is -2.14. The van der Waals surface area contributed by atoms with Crippen LogP contribution in [0.2, 0.25) is 0 Å². The molecule has 0 spiro atoms. The third-order valence-electron chi connectivity index (χ3n) is 6.08. The monoisotopic (exact) mass is 511 g/mol. The number of ether oxygens (including phenoxy) is 2. The van der Waals surface area contributed by atoms with Crippen LogP contribution in [0.4, 0.5) is 0 Å². The SMILES string of the molecule is COc1cc(/C=C2\SC(=S)N(Cc3ccc(C)cc3)C2=O)ccc1OCc1cccc2ccccc12. The number of thioether (sulfide) groups is 1. The van der Waals surface area contributed by atoms with Crippen molar-refractivity contribution >= 4 is 51.1 Å². The number of hydrogen-bond donors (Lipinski definition) is 0. The third-order valence-corrected chi connectivity index (χ3v) is 7.46. The zero-order chi connectivity index (χ0) is 25.1. The summed E-state index contributed by atoms with van der Waals surface area (Å²) in [7, 11) is 1.62. The number of carbonyl (C=O) groups is 1. The van der Waals surface area contributed by atoms with Gasteiger partial charge in [0.1, 0.15) is 10.9 Å². The van der Waals surface area contributed by atoms with Crippen molar-refractivity contribution in [3.63, 3.8) is 0 Å². The summed E-state index contributed by atoms with van der Waals surface area (Å²) in [6.45, 7) is 2.93. The smallest absolute Gasteiger partial charge is 0.266 e. The first-order chi connectivity index (χ1) is 17.5. The van der Waals surface area contributed by atoms with Crippen LogP contribution in [-0.2, 0) is 17.9 Å². The molecular formula is C30H25NO3S2. The van der Waals surface area contributed by atoms with Gasteiger partial charge >= 0.3 is 0 Å². The van der Waals surface area contributed by atoms with Gasteiger partial charge in [-0.1, -0.05) is 102 Å². The lowest BCUT2D eigenvalue weighted by atomic mass is 10.1. The molecular weight excluding hydrogens is 486 g/mol. The molecule has 4 nitrogen and oxygen atoms in total. The predicted molar refractivity (Wildman–Crippen MR) is 151 cm³/mol. The van der Waals surface area contributed by atoms with Gasteiger partial charge in [0, 0.05) is 0 Å². The first-order valence-electron chi connectivity index (χ1n) is 11.6. The highest BCUT2D eigenvalue weighted by atomic mass is 32.2. The Morgan fingerprint density at radius 2 is 1.72 bits per heavy atom. The van der Waals surface area contributed by atoms with E-state index in [1.54, 1.807) is 12.0 Å². The quantitative estimate of drug-likeness (QED) is 0.195. The Morgan fingerprint density at radius 1 is 0.944 bits per heavy atom. The van der Waals surface area contributed by atoms with Gasteiger partial charge in [-0.25, -0.2) is 0 Å². The van der Waals surface area contributed by atoms with E-state index in [4.69, 9.17) is 21.7 Å². The summed E-state index contributed by atoms with van der Waals surface area (Å²) in [4.78, 5) is 15.3. The van der Waals surface area contributed by atoms with E-state index in [9.17, 15) is 4.79 Å². The number of methoxy groups -OCH3 is 1. The molecule has 0 N–H and O–H groups in total. The van der Waals surface area contributed by atoms with E-state index in [1.165, 1.54) is 28.1 Å². The Balaban J connectivity index is 1.32. The van der Waals surface area contributed by atoms with Crippen LogP contribution in [0.15, 0.2) is 89.8 Å². The van der Waals surface area contributed by atoms with Gasteiger partial charge < -0.3 is 9.47 Å². The van der Waals surface area contributed by atoms with Crippen LogP contribution < -0.4 is 9.47 Å². The van der Waals surface area contributed by atoms with Crippen LogP contribution in [0.5, 0.6) is 11.5 Å². The summed E-state index contributed by atoms with van der Waals surface area (Å²) >= 11 is 6.82. The average molecular weight is 512 g/mol. The molecule has 5 rings (SSSR count). The van der Waals surface area contributed by atoms with Crippen LogP contribution in [0.1, 0.15) is 22.3 Å². The normalized spacial score (nSPS) is 14.6. The molecule has 6 heteroatoms. The van der Waals surface area contributed by atoms with E-state index < -0.39 is 0 Å². The van der Waals surface area contributed by atoms with Gasteiger partial charge in [-0.3, -0.25) is 9.69 Å². The minimum absolute atomic E-state index is 0.0826. The van der Waals surface area contributed by atoms with Crippen molar-refractivity contribution in [2.24, 2.45) is 0 Å². The number of carbonyl (C=O) groups excluding carboxylic acids is 1. The van der Waals surface area contributed by atoms with Crippen LogP contribution in [0.3, 0.4) is 0 Å². The largest absolute Gasteiger partial charge is 0.493 e. The molecule has 0 aliphatic carbocycles. The summed E-state index contributed by atoms with van der Waals surface area (Å²) in [5, 5.41) is 2.35. The van der Waals surface area contributed by atoms with Crippen molar-refractivity contribution in [2.45, 2.75) is 20.1 Å². The first kappa shape index (κ1) is 24.1. The molecule has 36 heavy (non-hydrogen) atoms. The maximum absolute atomic E-state index is 13.1. The van der Waals surface area contributed by atoms with Gasteiger partial charge in [0.05, 0.1) is 18.6 Å². The molecule has 1 aliphatic rings. The minimum atomic E-state index is -0.0826. The molecule has 180 valence electrons. The molecule has 1 amide bonds. The van der Waals surface area contributed by atoms with Crippen molar-refractivity contribution in [3.8, 4) is 11.5 Å². The highest BCUT2D eigenvalue weighted by Gasteiger charge is 2.32. The highest BCUT2D eigenvalue weighted by molar-refractivity contribution is 8.26. The summed E-state index contributed by atoms with van der Waals surface area (Å²) in [5.41, 5.74) is 4.19. The van der Waals surface area contributed by atoms with Crippen LogP contribution in [0.25, 0.3) is 16.8 Å². The number of fused-ring (bicyclic) bond motifs is 1. The Bertz CT molecular complexity index is 1470. The Labute approximate surface area is 220 Å². The van der Waals surface area contributed by atoms with Crippen LogP contribution >= 0.6 is 24.0 Å². The van der Waals surface area contributed by atoms with E-state index >= 15 is 0 Å². The number of nitrogens with zero attached hydrogens (tertiary/aromatic N) is 1. The van der Waals surface area contributed by atoms with Crippen molar-refractivity contribution in [3.05, 3.63) is 112 Å². The van der Waals surface area contributed by atoms with Gasteiger partial charge in [-0.05, 0) is 52.6 Å². The third kappa shape index (κ3) is 5.15. The molecule has 0 unspecified atom stereocenters. The standard InChI is InChI=1S/C30H25NO3S2/c1-20-10-12-21(13-11-20)18-31-29(32)28(36-30(31)35)17-22-14-15-26(27(16-22)33-2)34-19-24-8-5-7-23-6-3-4-9-25(23)24/h3-17H,18-19H2,1-2H3/b28-17-. The number of aryl methyl sites for hydroxylation is 1. The fraction of sp³-hybridized carbons (Fsp3) is 0.133. The van der Waals surface area contributed by atoms with E-state index in [1.807, 2.05) is 73.7 Å². The van der Waals surface area contributed by atoms with Gasteiger partial charge in [0.15, 0.2) is 11.5 Å². The molecule has 0 atom stereocenters. The molecule has 0 radical (unpaired) electrons. The summed E-state index contributed by atoms with van der Waals surface area (Å²) in [6, 6.07) is 28.3. The fourth-order valence-corrected chi connectivity index (χ4v) is 5.39. The Kier molecular flexibility index (Phi) is 7.07. The van der Waals surface area contributed by atoms with Gasteiger partial charge in [0.2, 0.25) is 0 Å². The molecule has 4 aromatic rings. The van der Waals surface area contributed by atoms with Crippen molar-refractivity contribution in [1.82, 2.24) is 4.90 Å². The predicted octanol–water partition coefficient (Wildman–Crippen LogP) is 7.14. The van der Waals surface area contributed by atoms with Crippen molar-refractivity contribution in [1.29, 1.82) is 0 Å². The first-order valence-corrected chi connectivity index (χ1v) is 12.8. The number of thiocarbonyl (C=S) groups is 1. The minimum Gasteiger partial charge on any atom is -0.493 e. The maximum Gasteiger partial charge on any atom is 0.266 e. The second-order valence-corrected chi connectivity index (χ2v) is 10.3. The number of hydrogen-bond acceptors (Lipinski definition) is 5. The van der Waals surface area contributed by atoms with E-state index in [-0.39, 0.29) is 5.91 Å². The summed E-state index contributed by atoms with van der Waals surface area (Å²) in [5.74, 6) is 1.18. The Morgan fingerprint density at radius 3 is 2.53 bits per heavy atom. The zero-order valence-corrected chi connectivity index (χ0v) is 21.7. The molecule has 1 fully saturated rings. The lowest BCUT2D eigenvalue weighted by molar-refractivity contribution is -0.122. The lowest BCUT2D eigenvalue weighted by Crippen LogP contribution is -2.27. The Hall–Kier alpha value is -3.61. The fourth-order valence-electron chi connectivity index (χ4n) is 4.13. The molecule has 1 saturated heterocycles. The highest BCUT2D eigenvalue weighted by Crippen LogP contribution is 2.36. The second kappa shape index (κ2) is 10.6. The van der Waals surface area contributed by atoms with Crippen molar-refractivity contribution in [2.75, 3.05) is 7.11 Å². The molecule has 1 heterocycles. The number of rotatable bonds is 7. The van der Waals surface area contributed by atoms with E-state index in [0.29, 0.717) is 33.9 Å². The van der Waals surface area contributed by atoms with Gasteiger partial charge in [-0.15, -0.1) is 0 Å². The maximum atomic E-state index is 13.1. The molecule has 0 aromatic heterocycles. The van der Waals surface area contributed by atoms with Crippen LogP contribution in [-0.4, -0.2) is 22.2 Å². The molecule has 0 bridgehead atoms. The zero-order valence-electron chi connectivity index (χ0n) is 20.1. The molecule has 4 aromatic carbocycles. The average Bonchev–Trinajstić information content (AvgIpc) is 3.16. The topological polar surface area (TPSA) is 38.8 Å². The molecule has 0 saturated carbocycles. The van der Waals surface area contributed by atoms with E-state index in [2.05, 4.69) is 24.3 Å². The number of amides is 1. The summed E-state index contributed by atoms with van der Waals surface area (Å²) < 4.78 is 12.3.